The van der Waals surface area contributed by atoms with E-state index < -0.39 is 34.6 Å². The van der Waals surface area contributed by atoms with Gasteiger partial charge in [-0.1, -0.05) is 17.7 Å². The van der Waals surface area contributed by atoms with Crippen LogP contribution in [0.2, 0.25) is 5.02 Å². The van der Waals surface area contributed by atoms with E-state index in [1.807, 2.05) is 6.07 Å². The summed E-state index contributed by atoms with van der Waals surface area (Å²) in [6, 6.07) is 7.62. The smallest absolute Gasteiger partial charge is 0.388 e. The van der Waals surface area contributed by atoms with Crippen LogP contribution in [0.5, 0.6) is 0 Å². The van der Waals surface area contributed by atoms with Crippen LogP contribution >= 0.6 is 11.6 Å². The van der Waals surface area contributed by atoms with Gasteiger partial charge in [-0.3, -0.25) is 0 Å². The summed E-state index contributed by atoms with van der Waals surface area (Å²) in [7, 11) is 0. The summed E-state index contributed by atoms with van der Waals surface area (Å²) in [6.45, 7) is 0. The largest absolute Gasteiger partial charge is 0.417 e. The van der Waals surface area contributed by atoms with Gasteiger partial charge in [-0.25, -0.2) is 4.39 Å². The van der Waals surface area contributed by atoms with Gasteiger partial charge >= 0.3 is 6.18 Å². The summed E-state index contributed by atoms with van der Waals surface area (Å²) in [5, 5.41) is 28.3. The van der Waals surface area contributed by atoms with Gasteiger partial charge in [-0.2, -0.15) is 23.7 Å². The first-order valence-corrected chi connectivity index (χ1v) is 8.28. The lowest BCUT2D eigenvalue weighted by molar-refractivity contribution is -0.137. The summed E-state index contributed by atoms with van der Waals surface area (Å²) >= 11 is 5.86. The van der Waals surface area contributed by atoms with E-state index in [1.54, 1.807) is 6.07 Å². The van der Waals surface area contributed by atoms with E-state index in [-0.39, 0.29) is 35.1 Å². The molecule has 0 amide bonds. The first-order chi connectivity index (χ1) is 12.7. The Balaban J connectivity index is 2.27. The third-order valence-corrected chi connectivity index (χ3v) is 5.09. The fourth-order valence-corrected chi connectivity index (χ4v) is 3.87. The van der Waals surface area contributed by atoms with Crippen LogP contribution in [-0.4, -0.2) is 5.11 Å². The first-order valence-electron chi connectivity index (χ1n) is 7.90. The molecule has 0 saturated carbocycles. The second kappa shape index (κ2) is 6.84. The zero-order valence-corrected chi connectivity index (χ0v) is 14.4. The van der Waals surface area contributed by atoms with E-state index in [0.717, 1.165) is 24.3 Å². The van der Waals surface area contributed by atoms with Crippen molar-refractivity contribution < 1.29 is 22.7 Å². The van der Waals surface area contributed by atoms with Crippen LogP contribution in [0, 0.1) is 28.5 Å². The molecule has 0 unspecified atom stereocenters. The third kappa shape index (κ3) is 3.25. The third-order valence-electron chi connectivity index (χ3n) is 4.70. The molecular weight excluding hydrogens is 384 g/mol. The van der Waals surface area contributed by atoms with Gasteiger partial charge in [-0.05, 0) is 47.7 Å². The van der Waals surface area contributed by atoms with Gasteiger partial charge in [-0.15, -0.1) is 0 Å². The van der Waals surface area contributed by atoms with Crippen LogP contribution < -0.4 is 0 Å². The zero-order valence-electron chi connectivity index (χ0n) is 13.6. The van der Waals surface area contributed by atoms with Crippen molar-refractivity contribution in [2.75, 3.05) is 0 Å². The number of nitriles is 2. The van der Waals surface area contributed by atoms with Crippen LogP contribution in [0.15, 0.2) is 24.3 Å². The van der Waals surface area contributed by atoms with E-state index in [4.69, 9.17) is 11.6 Å². The van der Waals surface area contributed by atoms with Crippen LogP contribution in [0.1, 0.15) is 58.2 Å². The Labute approximate surface area is 157 Å². The van der Waals surface area contributed by atoms with Crippen molar-refractivity contribution in [3.8, 4) is 12.1 Å². The maximum Gasteiger partial charge on any atom is 0.417 e. The van der Waals surface area contributed by atoms with Crippen LogP contribution in [0.3, 0.4) is 0 Å². The highest BCUT2D eigenvalue weighted by atomic mass is 35.5. The second-order valence-corrected chi connectivity index (χ2v) is 6.59. The Hall–Kier alpha value is -2.61. The summed E-state index contributed by atoms with van der Waals surface area (Å²) in [6.07, 6.45) is -5.25. The van der Waals surface area contributed by atoms with Crippen molar-refractivity contribution in [3.63, 3.8) is 0 Å². The Morgan fingerprint density at radius 1 is 1.07 bits per heavy atom. The lowest BCUT2D eigenvalue weighted by atomic mass is 9.74. The van der Waals surface area contributed by atoms with Crippen molar-refractivity contribution in [1.29, 1.82) is 10.5 Å². The highest BCUT2D eigenvalue weighted by Gasteiger charge is 2.37. The number of halogens is 5. The number of hydrogen-bond acceptors (Lipinski definition) is 3. The van der Waals surface area contributed by atoms with Crippen molar-refractivity contribution in [2.24, 2.45) is 0 Å². The number of alkyl halides is 3. The number of benzene rings is 2. The molecule has 1 N–H and O–H groups in total. The minimum atomic E-state index is -4.72. The predicted octanol–water partition coefficient (Wildman–Crippen LogP) is 5.20. The summed E-state index contributed by atoms with van der Waals surface area (Å²) in [4.78, 5) is 0. The molecule has 0 aliphatic heterocycles. The average Bonchev–Trinajstić information content (AvgIpc) is 2.60. The van der Waals surface area contributed by atoms with Gasteiger partial charge in [0, 0.05) is 5.92 Å². The van der Waals surface area contributed by atoms with Gasteiger partial charge in [0.25, 0.3) is 0 Å². The number of fused-ring (bicyclic) bond motifs is 1. The number of aliphatic hydroxyl groups is 1. The maximum atomic E-state index is 13.8. The van der Waals surface area contributed by atoms with Crippen LogP contribution in [0.25, 0.3) is 0 Å². The molecule has 0 heterocycles. The highest BCUT2D eigenvalue weighted by Crippen LogP contribution is 2.46. The number of nitrogens with zero attached hydrogens (tertiary/aromatic N) is 2. The van der Waals surface area contributed by atoms with Crippen molar-refractivity contribution in [3.05, 3.63) is 68.5 Å². The number of hydrogen-bond donors (Lipinski definition) is 1. The fraction of sp³-hybridized carbons (Fsp3) is 0.263. The molecule has 0 fully saturated rings. The molecule has 0 spiro atoms. The maximum absolute atomic E-state index is 13.8. The van der Waals surface area contributed by atoms with Crippen molar-refractivity contribution >= 4 is 11.6 Å². The normalized spacial score (nSPS) is 19.1. The summed E-state index contributed by atoms with van der Waals surface area (Å²) < 4.78 is 53.0. The van der Waals surface area contributed by atoms with E-state index in [9.17, 15) is 33.2 Å². The van der Waals surface area contributed by atoms with Crippen molar-refractivity contribution in [1.82, 2.24) is 0 Å². The minimum Gasteiger partial charge on any atom is -0.388 e. The number of aliphatic hydroxyl groups excluding tert-OH is 1. The topological polar surface area (TPSA) is 67.8 Å². The quantitative estimate of drug-likeness (QED) is 0.676. The SMILES string of the molecule is N#Cc1cc(F)cc2c1[C@@H](c1ccc(C(F)(F)F)c(Cl)c1C#N)CC[C@H]2O. The lowest BCUT2D eigenvalue weighted by Gasteiger charge is -2.31. The Morgan fingerprint density at radius 2 is 1.78 bits per heavy atom. The molecule has 0 radical (unpaired) electrons. The molecule has 27 heavy (non-hydrogen) atoms. The van der Waals surface area contributed by atoms with Gasteiger partial charge in [0.2, 0.25) is 0 Å². The molecule has 138 valence electrons. The standard InChI is InChI=1S/C19H11ClF4N2O/c20-18-14(8-26)11(1-3-15(18)19(22,23)24)12-2-4-16(27)13-6-10(21)5-9(7-25)17(12)13/h1,3,5-6,12,16,27H,2,4H2/t12-,16-/m1/s1. The molecule has 2 aromatic rings. The van der Waals surface area contributed by atoms with Crippen molar-refractivity contribution in [2.45, 2.75) is 31.0 Å². The summed E-state index contributed by atoms with van der Waals surface area (Å²) in [5.41, 5.74) is -0.778. The second-order valence-electron chi connectivity index (χ2n) is 6.21. The van der Waals surface area contributed by atoms with E-state index >= 15 is 0 Å². The van der Waals surface area contributed by atoms with E-state index in [1.165, 1.54) is 0 Å². The Morgan fingerprint density at radius 3 is 2.37 bits per heavy atom. The minimum absolute atomic E-state index is 0.0336. The molecular formula is C19H11ClF4N2O. The van der Waals surface area contributed by atoms with Gasteiger partial charge < -0.3 is 5.11 Å². The highest BCUT2D eigenvalue weighted by molar-refractivity contribution is 6.32. The molecule has 3 nitrogen and oxygen atoms in total. The average molecular weight is 395 g/mol. The molecule has 1 aliphatic carbocycles. The van der Waals surface area contributed by atoms with Gasteiger partial charge in [0.05, 0.1) is 33.9 Å². The molecule has 0 bridgehead atoms. The molecule has 1 aliphatic rings. The van der Waals surface area contributed by atoms with Gasteiger partial charge in [0.1, 0.15) is 11.9 Å². The lowest BCUT2D eigenvalue weighted by Crippen LogP contribution is -2.19. The van der Waals surface area contributed by atoms with E-state index in [2.05, 4.69) is 0 Å². The molecule has 0 saturated heterocycles. The molecule has 3 rings (SSSR count). The molecule has 0 aromatic heterocycles. The molecule has 8 heteroatoms. The Kier molecular flexibility index (Phi) is 4.86. The molecule has 2 atom stereocenters. The Bertz CT molecular complexity index is 1000. The number of rotatable bonds is 1. The van der Waals surface area contributed by atoms with Crippen LogP contribution in [0.4, 0.5) is 17.6 Å². The van der Waals surface area contributed by atoms with Gasteiger partial charge in [0.15, 0.2) is 0 Å². The predicted molar refractivity (Wildman–Crippen MR) is 88.3 cm³/mol. The molecule has 2 aromatic carbocycles. The fourth-order valence-electron chi connectivity index (χ4n) is 3.55. The monoisotopic (exact) mass is 394 g/mol. The summed E-state index contributed by atoms with van der Waals surface area (Å²) in [5.74, 6) is -1.36. The van der Waals surface area contributed by atoms with Crippen LogP contribution in [-0.2, 0) is 6.18 Å². The zero-order chi connectivity index (χ0) is 19.9. The first kappa shape index (κ1) is 19.2. The van der Waals surface area contributed by atoms with E-state index in [0.29, 0.717) is 5.56 Å².